The Morgan fingerprint density at radius 2 is 1.91 bits per heavy atom. The quantitative estimate of drug-likeness (QED) is 0.916. The third-order valence-electron chi connectivity index (χ3n) is 4.17. The molecule has 0 atom stereocenters. The first-order chi connectivity index (χ1) is 11.1. The fourth-order valence-corrected chi connectivity index (χ4v) is 2.84. The predicted octanol–water partition coefficient (Wildman–Crippen LogP) is 1.14. The van der Waals surface area contributed by atoms with Gasteiger partial charge in [0.1, 0.15) is 0 Å². The molecule has 2 aromatic heterocycles. The second-order valence-electron chi connectivity index (χ2n) is 5.78. The normalized spacial score (nSPS) is 15.7. The van der Waals surface area contributed by atoms with Crippen molar-refractivity contribution in [2.24, 2.45) is 0 Å². The molecular formula is C17H21N3O3. The monoisotopic (exact) mass is 315 g/mol. The van der Waals surface area contributed by atoms with E-state index in [9.17, 15) is 9.90 Å². The van der Waals surface area contributed by atoms with Crippen molar-refractivity contribution in [1.29, 1.82) is 0 Å². The number of aromatic hydroxyl groups is 1. The summed E-state index contributed by atoms with van der Waals surface area (Å²) in [6, 6.07) is 5.36. The number of morpholine rings is 1. The van der Waals surface area contributed by atoms with Crippen molar-refractivity contribution in [2.75, 3.05) is 26.3 Å². The lowest BCUT2D eigenvalue weighted by Gasteiger charge is -2.28. The lowest BCUT2D eigenvalue weighted by molar-refractivity contribution is 0.0327. The van der Waals surface area contributed by atoms with Crippen LogP contribution in [0.15, 0.2) is 35.4 Å². The molecule has 23 heavy (non-hydrogen) atoms. The molecule has 0 radical (unpaired) electrons. The average Bonchev–Trinajstić information content (AvgIpc) is 2.58. The van der Waals surface area contributed by atoms with Crippen LogP contribution in [0.25, 0.3) is 0 Å². The van der Waals surface area contributed by atoms with Crippen molar-refractivity contribution in [3.05, 3.63) is 57.8 Å². The van der Waals surface area contributed by atoms with E-state index >= 15 is 0 Å². The number of hydrogen-bond donors (Lipinski definition) is 1. The molecule has 0 unspecified atom stereocenters. The van der Waals surface area contributed by atoms with Gasteiger partial charge in [0, 0.05) is 50.3 Å². The number of aromatic nitrogens is 2. The largest absolute Gasteiger partial charge is 0.503 e. The Morgan fingerprint density at radius 1 is 1.22 bits per heavy atom. The first-order valence-corrected chi connectivity index (χ1v) is 7.76. The highest BCUT2D eigenvalue weighted by Crippen LogP contribution is 2.19. The van der Waals surface area contributed by atoms with Gasteiger partial charge in [0.25, 0.3) is 0 Å². The highest BCUT2D eigenvalue weighted by molar-refractivity contribution is 5.31. The third-order valence-corrected chi connectivity index (χ3v) is 4.17. The van der Waals surface area contributed by atoms with Crippen molar-refractivity contribution < 1.29 is 9.84 Å². The summed E-state index contributed by atoms with van der Waals surface area (Å²) in [7, 11) is 0. The maximum absolute atomic E-state index is 12.0. The highest BCUT2D eigenvalue weighted by atomic mass is 16.5. The van der Waals surface area contributed by atoms with Crippen LogP contribution in [0.1, 0.15) is 17.0 Å². The van der Waals surface area contributed by atoms with E-state index in [2.05, 4.69) is 9.88 Å². The molecule has 1 fully saturated rings. The van der Waals surface area contributed by atoms with Gasteiger partial charge in [-0.05, 0) is 24.6 Å². The van der Waals surface area contributed by atoms with E-state index in [1.165, 1.54) is 6.07 Å². The minimum absolute atomic E-state index is 0.156. The van der Waals surface area contributed by atoms with Gasteiger partial charge in [-0.1, -0.05) is 0 Å². The van der Waals surface area contributed by atoms with Gasteiger partial charge in [0.2, 0.25) is 5.43 Å². The van der Waals surface area contributed by atoms with Crippen LogP contribution >= 0.6 is 0 Å². The fourth-order valence-electron chi connectivity index (χ4n) is 2.84. The summed E-state index contributed by atoms with van der Waals surface area (Å²) in [6.45, 7) is 6.00. The first-order valence-electron chi connectivity index (χ1n) is 7.76. The number of nitrogens with zero attached hydrogens (tertiary/aromatic N) is 3. The standard InChI is InChI=1S/C17H21N3O3/c1-13-10-16(21)17(22)15(12-19-6-8-23-9-7-19)20(13)11-14-2-4-18-5-3-14/h2-5,10,22H,6-9,11-12H2,1H3. The molecule has 0 spiro atoms. The van der Waals surface area contributed by atoms with Crippen molar-refractivity contribution in [3.8, 4) is 5.75 Å². The van der Waals surface area contributed by atoms with Crippen molar-refractivity contribution in [2.45, 2.75) is 20.0 Å². The molecule has 0 saturated carbocycles. The smallest absolute Gasteiger partial charge is 0.223 e. The predicted molar refractivity (Wildman–Crippen MR) is 86.5 cm³/mol. The van der Waals surface area contributed by atoms with E-state index in [4.69, 9.17) is 4.74 Å². The molecule has 6 nitrogen and oxygen atoms in total. The number of pyridine rings is 2. The number of rotatable bonds is 4. The van der Waals surface area contributed by atoms with Crippen LogP contribution in [0.3, 0.4) is 0 Å². The summed E-state index contributed by atoms with van der Waals surface area (Å²) in [5.74, 6) is -0.156. The topological polar surface area (TPSA) is 67.6 Å². The van der Waals surface area contributed by atoms with Gasteiger partial charge >= 0.3 is 0 Å². The Hall–Kier alpha value is -2.18. The van der Waals surface area contributed by atoms with Gasteiger partial charge in [-0.3, -0.25) is 14.7 Å². The Morgan fingerprint density at radius 3 is 2.61 bits per heavy atom. The van der Waals surface area contributed by atoms with Crippen LogP contribution < -0.4 is 5.43 Å². The van der Waals surface area contributed by atoms with E-state index < -0.39 is 0 Å². The summed E-state index contributed by atoms with van der Waals surface area (Å²) in [6.07, 6.45) is 3.49. The molecule has 6 heteroatoms. The fraction of sp³-hybridized carbons (Fsp3) is 0.412. The lowest BCUT2D eigenvalue weighted by Crippen LogP contribution is -2.37. The molecule has 3 heterocycles. The Kier molecular flexibility index (Phi) is 4.73. The van der Waals surface area contributed by atoms with Gasteiger partial charge in [0.15, 0.2) is 5.75 Å². The van der Waals surface area contributed by atoms with Gasteiger partial charge in [-0.25, -0.2) is 0 Å². The lowest BCUT2D eigenvalue weighted by atomic mass is 10.2. The van der Waals surface area contributed by atoms with Crippen LogP contribution in [0.5, 0.6) is 5.75 Å². The minimum atomic E-state index is -0.322. The van der Waals surface area contributed by atoms with E-state index in [-0.39, 0.29) is 11.2 Å². The molecule has 1 aliphatic rings. The SMILES string of the molecule is Cc1cc(=O)c(O)c(CN2CCOCC2)n1Cc1ccncc1. The van der Waals surface area contributed by atoms with E-state index in [0.717, 1.165) is 24.3 Å². The Labute approximate surface area is 135 Å². The Balaban J connectivity index is 1.96. The molecule has 1 saturated heterocycles. The zero-order valence-electron chi connectivity index (χ0n) is 13.2. The van der Waals surface area contributed by atoms with Crippen LogP contribution in [-0.2, 0) is 17.8 Å². The van der Waals surface area contributed by atoms with Crippen molar-refractivity contribution >= 4 is 0 Å². The second-order valence-corrected chi connectivity index (χ2v) is 5.78. The van der Waals surface area contributed by atoms with E-state index in [1.807, 2.05) is 23.6 Å². The molecule has 0 aliphatic carbocycles. The van der Waals surface area contributed by atoms with E-state index in [1.54, 1.807) is 12.4 Å². The van der Waals surface area contributed by atoms with Crippen molar-refractivity contribution in [3.63, 3.8) is 0 Å². The molecule has 1 N–H and O–H groups in total. The molecule has 3 rings (SSSR count). The van der Waals surface area contributed by atoms with Crippen molar-refractivity contribution in [1.82, 2.24) is 14.5 Å². The Bertz CT molecular complexity index is 722. The number of aryl methyl sites for hydroxylation is 1. The summed E-state index contributed by atoms with van der Waals surface area (Å²) in [5, 5.41) is 10.3. The summed E-state index contributed by atoms with van der Waals surface area (Å²) in [5.41, 5.74) is 2.26. The van der Waals surface area contributed by atoms with Crippen LogP contribution in [0.4, 0.5) is 0 Å². The molecule has 0 aromatic carbocycles. The van der Waals surface area contributed by atoms with E-state index in [0.29, 0.717) is 32.0 Å². The maximum Gasteiger partial charge on any atom is 0.223 e. The summed E-state index contributed by atoms with van der Waals surface area (Å²) in [4.78, 5) is 18.2. The number of hydrogen-bond acceptors (Lipinski definition) is 5. The van der Waals surface area contributed by atoms with Gasteiger partial charge in [0.05, 0.1) is 18.9 Å². The maximum atomic E-state index is 12.0. The average molecular weight is 315 g/mol. The van der Waals surface area contributed by atoms with Gasteiger partial charge < -0.3 is 14.4 Å². The molecular weight excluding hydrogens is 294 g/mol. The highest BCUT2D eigenvalue weighted by Gasteiger charge is 2.18. The van der Waals surface area contributed by atoms with Gasteiger partial charge in [-0.15, -0.1) is 0 Å². The molecule has 0 amide bonds. The molecule has 122 valence electrons. The minimum Gasteiger partial charge on any atom is -0.503 e. The first kappa shape index (κ1) is 15.7. The zero-order valence-corrected chi connectivity index (χ0v) is 13.2. The molecule has 0 bridgehead atoms. The van der Waals surface area contributed by atoms with Crippen LogP contribution in [0, 0.1) is 6.92 Å². The van der Waals surface area contributed by atoms with Crippen LogP contribution in [0.2, 0.25) is 0 Å². The van der Waals surface area contributed by atoms with Crippen LogP contribution in [-0.4, -0.2) is 45.9 Å². The zero-order chi connectivity index (χ0) is 16.2. The molecule has 2 aromatic rings. The second kappa shape index (κ2) is 6.93. The summed E-state index contributed by atoms with van der Waals surface area (Å²) < 4.78 is 7.36. The third kappa shape index (κ3) is 3.60. The van der Waals surface area contributed by atoms with Gasteiger partial charge in [-0.2, -0.15) is 0 Å². The number of ether oxygens (including phenoxy) is 1. The molecule has 1 aliphatic heterocycles. The summed E-state index contributed by atoms with van der Waals surface area (Å²) >= 11 is 0.